The molecule has 5 rings (SSSR count). The molecule has 0 spiro atoms. The number of anilines is 1. The molecule has 0 N–H and O–H groups in total. The summed E-state index contributed by atoms with van der Waals surface area (Å²) in [6.45, 7) is 1.57. The van der Waals surface area contributed by atoms with Gasteiger partial charge in [-0.15, -0.1) is 0 Å². The van der Waals surface area contributed by atoms with Crippen LogP contribution in [-0.2, 0) is 4.79 Å². The van der Waals surface area contributed by atoms with E-state index >= 15 is 0 Å². The quantitative estimate of drug-likeness (QED) is 0.157. The van der Waals surface area contributed by atoms with Gasteiger partial charge in [-0.25, -0.2) is 8.78 Å². The zero-order valence-corrected chi connectivity index (χ0v) is 20.6. The summed E-state index contributed by atoms with van der Waals surface area (Å²) in [5.41, 5.74) is 0.474. The lowest BCUT2D eigenvalue weighted by Gasteiger charge is -2.49. The Kier molecular flexibility index (Phi) is 5.79. The molecule has 0 radical (unpaired) electrons. The van der Waals surface area contributed by atoms with Gasteiger partial charge in [-0.2, -0.15) is 0 Å². The highest BCUT2D eigenvalue weighted by molar-refractivity contribution is 6.55. The Bertz CT molecular complexity index is 1420. The predicted octanol–water partition coefficient (Wildman–Crippen LogP) is 6.64. The number of carbonyl (C=O) groups is 3. The molecule has 0 bridgehead atoms. The minimum Gasteiger partial charge on any atom is -0.300 e. The van der Waals surface area contributed by atoms with Gasteiger partial charge < -0.3 is 4.90 Å². The van der Waals surface area contributed by atoms with Gasteiger partial charge in [0.2, 0.25) is 0 Å². The zero-order chi connectivity index (χ0) is 25.3. The molecule has 5 nitrogen and oxygen atoms in total. The Morgan fingerprint density at radius 1 is 0.714 bits per heavy atom. The minimum absolute atomic E-state index is 0.202. The van der Waals surface area contributed by atoms with Gasteiger partial charge in [-0.3, -0.25) is 19.3 Å². The minimum atomic E-state index is -1.33. The molecule has 2 atom stereocenters. The van der Waals surface area contributed by atoms with Gasteiger partial charge in [0.05, 0.1) is 37.3 Å². The highest BCUT2D eigenvalue weighted by Gasteiger charge is 2.58. The molecule has 1 fully saturated rings. The highest BCUT2D eigenvalue weighted by Crippen LogP contribution is 2.49. The van der Waals surface area contributed by atoms with Gasteiger partial charge in [-0.1, -0.05) is 64.6 Å². The van der Waals surface area contributed by atoms with Gasteiger partial charge in [-0.05, 0) is 42.3 Å². The van der Waals surface area contributed by atoms with Crippen LogP contribution < -0.4 is 4.90 Å². The van der Waals surface area contributed by atoms with Gasteiger partial charge in [0.25, 0.3) is 17.7 Å². The third-order valence-electron chi connectivity index (χ3n) is 6.12. The average molecular weight is 556 g/mol. The number of fused-ring (bicyclic) bond motifs is 1. The summed E-state index contributed by atoms with van der Waals surface area (Å²) in [4.78, 5) is 42.1. The summed E-state index contributed by atoms with van der Waals surface area (Å²) in [7, 11) is 0. The van der Waals surface area contributed by atoms with Gasteiger partial charge in [0.15, 0.2) is 0 Å². The molecule has 178 valence electrons. The number of nitrogens with zero attached hydrogens (tertiary/aromatic N) is 2. The number of halogens is 6. The standard InChI is InChI=1S/C24H12Cl4F2N2O3/c1-9-2-7-12(8-13(9)30)31-20(10-3-5-11(29)6-4-10)21(24(31)35)32-22(33)14-15(23(32)34)17(26)19(28)18(27)16(14)25/h2-8,20-21H,1H3/t20-,21-/m0/s1. The topological polar surface area (TPSA) is 57.7 Å². The lowest BCUT2D eigenvalue weighted by atomic mass is 9.86. The van der Waals surface area contributed by atoms with Gasteiger partial charge in [0.1, 0.15) is 17.7 Å². The van der Waals surface area contributed by atoms with E-state index < -0.39 is 41.4 Å². The Labute approximate surface area is 217 Å². The van der Waals surface area contributed by atoms with Gasteiger partial charge in [0, 0.05) is 5.69 Å². The molecule has 0 unspecified atom stereocenters. The second kappa shape index (κ2) is 8.45. The normalized spacial score (nSPS) is 19.3. The van der Waals surface area contributed by atoms with Crippen molar-refractivity contribution in [2.75, 3.05) is 4.90 Å². The van der Waals surface area contributed by atoms with Crippen molar-refractivity contribution >= 4 is 69.8 Å². The number of benzene rings is 3. The van der Waals surface area contributed by atoms with Crippen LogP contribution in [0.5, 0.6) is 0 Å². The summed E-state index contributed by atoms with van der Waals surface area (Å²) in [6.07, 6.45) is 0. The number of imide groups is 1. The molecule has 2 heterocycles. The van der Waals surface area contributed by atoms with Crippen LogP contribution in [0.25, 0.3) is 0 Å². The molecule has 35 heavy (non-hydrogen) atoms. The maximum Gasteiger partial charge on any atom is 0.264 e. The molecule has 3 aromatic carbocycles. The summed E-state index contributed by atoms with van der Waals surface area (Å²) in [6, 6.07) is 7.15. The third kappa shape index (κ3) is 3.44. The molecule has 0 saturated carbocycles. The van der Waals surface area contributed by atoms with Crippen LogP contribution in [0.3, 0.4) is 0 Å². The van der Waals surface area contributed by atoms with E-state index in [0.717, 1.165) is 4.90 Å². The van der Waals surface area contributed by atoms with Crippen molar-refractivity contribution in [3.05, 3.63) is 96.4 Å². The van der Waals surface area contributed by atoms with Crippen LogP contribution in [0.2, 0.25) is 20.1 Å². The van der Waals surface area contributed by atoms with E-state index in [2.05, 4.69) is 0 Å². The van der Waals surface area contributed by atoms with Crippen molar-refractivity contribution in [2.45, 2.75) is 19.0 Å². The number of amides is 3. The van der Waals surface area contributed by atoms with E-state index in [-0.39, 0.29) is 36.9 Å². The third-order valence-corrected chi connectivity index (χ3v) is 7.93. The monoisotopic (exact) mass is 554 g/mol. The summed E-state index contributed by atoms with van der Waals surface area (Å²) in [5.74, 6) is -3.47. The molecular weight excluding hydrogens is 544 g/mol. The number of hydrogen-bond acceptors (Lipinski definition) is 3. The van der Waals surface area contributed by atoms with E-state index in [9.17, 15) is 23.2 Å². The first-order valence-corrected chi connectivity index (χ1v) is 11.6. The van der Waals surface area contributed by atoms with Crippen LogP contribution in [0.4, 0.5) is 14.5 Å². The number of rotatable bonds is 3. The van der Waals surface area contributed by atoms with Crippen molar-refractivity contribution in [2.24, 2.45) is 0 Å². The van der Waals surface area contributed by atoms with Crippen molar-refractivity contribution in [1.82, 2.24) is 4.90 Å². The maximum atomic E-state index is 14.3. The van der Waals surface area contributed by atoms with E-state index in [4.69, 9.17) is 46.4 Å². The molecule has 3 amide bonds. The fraction of sp³-hybridized carbons (Fsp3) is 0.125. The largest absolute Gasteiger partial charge is 0.300 e. The van der Waals surface area contributed by atoms with Crippen molar-refractivity contribution in [3.8, 4) is 0 Å². The van der Waals surface area contributed by atoms with Crippen LogP contribution in [0.1, 0.15) is 37.9 Å². The zero-order valence-electron chi connectivity index (χ0n) is 17.6. The molecule has 0 aromatic heterocycles. The van der Waals surface area contributed by atoms with Crippen molar-refractivity contribution in [1.29, 1.82) is 0 Å². The second-order valence-electron chi connectivity index (χ2n) is 8.07. The average Bonchev–Trinajstić information content (AvgIpc) is 3.08. The number of aryl methyl sites for hydroxylation is 1. The molecule has 0 aliphatic carbocycles. The smallest absolute Gasteiger partial charge is 0.264 e. The molecule has 2 aliphatic heterocycles. The van der Waals surface area contributed by atoms with Crippen LogP contribution in [0.15, 0.2) is 42.5 Å². The van der Waals surface area contributed by atoms with Crippen molar-refractivity contribution in [3.63, 3.8) is 0 Å². The first-order chi connectivity index (χ1) is 16.5. The highest BCUT2D eigenvalue weighted by atomic mass is 35.5. The lowest BCUT2D eigenvalue weighted by molar-refractivity contribution is -0.130. The predicted molar refractivity (Wildman–Crippen MR) is 129 cm³/mol. The lowest BCUT2D eigenvalue weighted by Crippen LogP contribution is -2.67. The number of β-lactam (4-membered cyclic amide) rings is 1. The van der Waals surface area contributed by atoms with Crippen LogP contribution in [-0.4, -0.2) is 28.7 Å². The molecular formula is C24H12Cl4F2N2O3. The molecule has 1 saturated heterocycles. The van der Waals surface area contributed by atoms with E-state index in [1.807, 2.05) is 0 Å². The van der Waals surface area contributed by atoms with Crippen molar-refractivity contribution < 1.29 is 23.2 Å². The molecule has 3 aromatic rings. The number of hydrogen-bond donors (Lipinski definition) is 0. The maximum absolute atomic E-state index is 14.3. The van der Waals surface area contributed by atoms with Crippen LogP contribution >= 0.6 is 46.4 Å². The second-order valence-corrected chi connectivity index (χ2v) is 9.58. The molecule has 2 aliphatic rings. The van der Waals surface area contributed by atoms with Crippen LogP contribution in [0, 0.1) is 18.6 Å². The number of carbonyl (C=O) groups excluding carboxylic acids is 3. The fourth-order valence-corrected chi connectivity index (χ4v) is 5.37. The summed E-state index contributed by atoms with van der Waals surface area (Å²) >= 11 is 24.6. The van der Waals surface area contributed by atoms with Gasteiger partial charge >= 0.3 is 0 Å². The molecule has 11 heteroatoms. The Morgan fingerprint density at radius 3 is 1.77 bits per heavy atom. The van der Waals surface area contributed by atoms with E-state index in [1.165, 1.54) is 41.3 Å². The Morgan fingerprint density at radius 2 is 1.26 bits per heavy atom. The Balaban J connectivity index is 1.64. The first-order valence-electron chi connectivity index (χ1n) is 10.1. The summed E-state index contributed by atoms with van der Waals surface area (Å²) in [5, 5.41) is -0.933. The summed E-state index contributed by atoms with van der Waals surface area (Å²) < 4.78 is 27.9. The fourth-order valence-electron chi connectivity index (χ4n) is 4.36. The Hall–Kier alpha value is -2.71. The SMILES string of the molecule is Cc1ccc(N2C(=O)[C@@H](N3C(=O)c4c(Cl)c(Cl)c(Cl)c(Cl)c4C3=O)[C@@H]2c2ccc(F)cc2)cc1F. The first kappa shape index (κ1) is 24.0. The van der Waals surface area contributed by atoms with E-state index in [1.54, 1.807) is 13.0 Å². The van der Waals surface area contributed by atoms with E-state index in [0.29, 0.717) is 11.1 Å².